The average molecular weight is 305 g/mol. The maximum absolute atomic E-state index is 10.9. The molecule has 0 aromatic rings. The van der Waals surface area contributed by atoms with Crippen molar-refractivity contribution in [3.05, 3.63) is 10.1 Å². The summed E-state index contributed by atoms with van der Waals surface area (Å²) in [6, 6.07) is 0. The van der Waals surface area contributed by atoms with Crippen molar-refractivity contribution >= 4 is 0 Å². The summed E-state index contributed by atoms with van der Waals surface area (Å²) in [5.41, 5.74) is -1.38. The van der Waals surface area contributed by atoms with Gasteiger partial charge in [0, 0.05) is 12.8 Å². The van der Waals surface area contributed by atoms with Crippen molar-refractivity contribution in [3.63, 3.8) is 0 Å². The third-order valence-electron chi connectivity index (χ3n) is 4.76. The van der Waals surface area contributed by atoms with Crippen LogP contribution in [0.3, 0.4) is 0 Å². The van der Waals surface area contributed by atoms with Crippen molar-refractivity contribution in [1.82, 2.24) is 0 Å². The second-order valence-corrected chi connectivity index (χ2v) is 6.14. The predicted octanol–water partition coefficient (Wildman–Crippen LogP) is -1.04. The van der Waals surface area contributed by atoms with E-state index in [1.807, 2.05) is 0 Å². The highest BCUT2D eigenvalue weighted by atomic mass is 17.0. The van der Waals surface area contributed by atoms with Crippen molar-refractivity contribution in [2.24, 2.45) is 5.92 Å². The Labute approximate surface area is 120 Å². The first-order valence-electron chi connectivity index (χ1n) is 7.04. The summed E-state index contributed by atoms with van der Waals surface area (Å²) in [5.74, 6) is -2.35. The van der Waals surface area contributed by atoms with E-state index < -0.39 is 40.7 Å². The van der Waals surface area contributed by atoms with Crippen LogP contribution in [-0.2, 0) is 14.3 Å². The fraction of sp³-hybridized carbons (Fsp3) is 1.00. The molecule has 2 saturated heterocycles. The van der Waals surface area contributed by atoms with Crippen LogP contribution in [0.5, 0.6) is 0 Å². The minimum Gasteiger partial charge on any atom is -0.388 e. The Bertz CT molecular complexity index is 433. The first kappa shape index (κ1) is 14.9. The first-order chi connectivity index (χ1) is 9.84. The summed E-state index contributed by atoms with van der Waals surface area (Å²) < 4.78 is 10.9. The molecular weight excluding hydrogens is 286 g/mol. The molecule has 3 rings (SSSR count). The second-order valence-electron chi connectivity index (χ2n) is 6.14. The lowest BCUT2D eigenvalue weighted by Gasteiger charge is -2.42. The van der Waals surface area contributed by atoms with Gasteiger partial charge in [0.05, 0.1) is 13.2 Å². The topological polar surface area (TPSA) is 132 Å². The van der Waals surface area contributed by atoms with E-state index in [2.05, 4.69) is 4.84 Å². The van der Waals surface area contributed by atoms with E-state index in [0.717, 1.165) is 0 Å². The van der Waals surface area contributed by atoms with Crippen LogP contribution in [0.2, 0.25) is 0 Å². The maximum Gasteiger partial charge on any atom is 0.297 e. The van der Waals surface area contributed by atoms with E-state index in [1.54, 1.807) is 0 Å². The first-order valence-corrected chi connectivity index (χ1v) is 7.04. The lowest BCUT2D eigenvalue weighted by Crippen LogP contribution is -2.54. The normalized spacial score (nSPS) is 49.9. The summed E-state index contributed by atoms with van der Waals surface area (Å²) in [6.07, 6.45) is -0.947. The molecule has 1 saturated carbocycles. The summed E-state index contributed by atoms with van der Waals surface area (Å²) in [7, 11) is 0. The van der Waals surface area contributed by atoms with Crippen molar-refractivity contribution in [2.45, 2.75) is 55.4 Å². The highest BCUT2D eigenvalue weighted by Gasteiger charge is 2.60. The van der Waals surface area contributed by atoms with Gasteiger partial charge in [0.1, 0.15) is 23.9 Å². The van der Waals surface area contributed by atoms with E-state index >= 15 is 0 Å². The smallest absolute Gasteiger partial charge is 0.297 e. The predicted molar refractivity (Wildman–Crippen MR) is 65.4 cm³/mol. The highest BCUT2D eigenvalue weighted by Crippen LogP contribution is 2.46. The van der Waals surface area contributed by atoms with Gasteiger partial charge in [-0.15, -0.1) is 10.1 Å². The van der Waals surface area contributed by atoms with Gasteiger partial charge in [0.15, 0.2) is 0 Å². The fourth-order valence-corrected chi connectivity index (χ4v) is 3.75. The van der Waals surface area contributed by atoms with Gasteiger partial charge in [-0.05, 0) is 18.8 Å². The number of ether oxygens (including phenoxy) is 2. The van der Waals surface area contributed by atoms with Crippen molar-refractivity contribution in [2.75, 3.05) is 13.2 Å². The van der Waals surface area contributed by atoms with Crippen molar-refractivity contribution in [1.29, 1.82) is 0 Å². The van der Waals surface area contributed by atoms with Crippen LogP contribution in [0.1, 0.15) is 25.7 Å². The Kier molecular flexibility index (Phi) is 3.57. The van der Waals surface area contributed by atoms with Gasteiger partial charge in [-0.3, -0.25) is 4.84 Å². The Morgan fingerprint density at radius 2 is 2.10 bits per heavy atom. The molecule has 0 aromatic heterocycles. The lowest BCUT2D eigenvalue weighted by molar-refractivity contribution is -0.797. The molecule has 6 atom stereocenters. The zero-order valence-electron chi connectivity index (χ0n) is 11.4. The van der Waals surface area contributed by atoms with E-state index in [9.17, 15) is 25.4 Å². The van der Waals surface area contributed by atoms with E-state index in [1.165, 1.54) is 0 Å². The Morgan fingerprint density at radius 3 is 2.81 bits per heavy atom. The Hall–Kier alpha value is -1.00. The van der Waals surface area contributed by atoms with E-state index in [0.29, 0.717) is 12.8 Å². The molecule has 21 heavy (non-hydrogen) atoms. The molecule has 3 N–H and O–H groups in total. The van der Waals surface area contributed by atoms with Gasteiger partial charge in [-0.2, -0.15) is 0 Å². The van der Waals surface area contributed by atoms with Crippen molar-refractivity contribution < 1.29 is 34.7 Å². The molecule has 9 nitrogen and oxygen atoms in total. The Balaban J connectivity index is 1.75. The van der Waals surface area contributed by atoms with Crippen LogP contribution in [-0.4, -0.2) is 63.3 Å². The summed E-state index contributed by atoms with van der Waals surface area (Å²) in [4.78, 5) is 14.9. The number of hydrogen-bond donors (Lipinski definition) is 3. The molecule has 0 bridgehead atoms. The van der Waals surface area contributed by atoms with E-state index in [-0.39, 0.29) is 26.1 Å². The standard InChI is InChI=1S/C12H19NO8/c14-8-5-19-10-9(8)20-6-12(10,16)7-2-1-3-11(15,4-7)21-13(17)18/h7-10,14-16H,1-6H2/t7?,8-,9-,10+,11?,12+/m1/s1. The van der Waals surface area contributed by atoms with Crippen LogP contribution in [0, 0.1) is 16.0 Å². The van der Waals surface area contributed by atoms with Crippen molar-refractivity contribution in [3.8, 4) is 0 Å². The molecule has 0 aromatic carbocycles. The van der Waals surface area contributed by atoms with Gasteiger partial charge < -0.3 is 24.8 Å². The molecule has 3 fully saturated rings. The van der Waals surface area contributed by atoms with Gasteiger partial charge in [0.2, 0.25) is 5.79 Å². The molecule has 0 radical (unpaired) electrons. The van der Waals surface area contributed by atoms with Crippen LogP contribution < -0.4 is 0 Å². The molecule has 120 valence electrons. The maximum atomic E-state index is 10.9. The SMILES string of the molecule is O=[N+]([O-])OC1(O)CCCC([C@@]2(O)CO[C@@H]3[C@H](O)CO[C@@H]32)C1. The number of aliphatic hydroxyl groups excluding tert-OH is 1. The molecule has 9 heteroatoms. The zero-order valence-corrected chi connectivity index (χ0v) is 11.4. The zero-order chi connectivity index (χ0) is 15.3. The number of nitrogens with zero attached hydrogens (tertiary/aromatic N) is 1. The molecule has 2 unspecified atom stereocenters. The van der Waals surface area contributed by atoms with Crippen LogP contribution in [0.4, 0.5) is 0 Å². The third-order valence-corrected chi connectivity index (χ3v) is 4.76. The molecule has 0 spiro atoms. The summed E-state index contributed by atoms with van der Waals surface area (Å²) in [5, 5.41) is 40.2. The highest BCUT2D eigenvalue weighted by molar-refractivity contribution is 5.08. The summed E-state index contributed by atoms with van der Waals surface area (Å²) in [6.45, 7) is 0.0542. The molecule has 0 amide bonds. The third kappa shape index (κ3) is 2.49. The molecule has 2 aliphatic heterocycles. The lowest BCUT2D eigenvalue weighted by atomic mass is 9.72. The van der Waals surface area contributed by atoms with Crippen LogP contribution in [0.25, 0.3) is 0 Å². The second kappa shape index (κ2) is 5.03. The quantitative estimate of drug-likeness (QED) is 0.342. The van der Waals surface area contributed by atoms with Gasteiger partial charge in [-0.1, -0.05) is 0 Å². The largest absolute Gasteiger partial charge is 0.388 e. The van der Waals surface area contributed by atoms with E-state index in [4.69, 9.17) is 9.47 Å². The van der Waals surface area contributed by atoms with Gasteiger partial charge in [-0.25, -0.2) is 0 Å². The molecule has 1 aliphatic carbocycles. The van der Waals surface area contributed by atoms with Crippen LogP contribution in [0.15, 0.2) is 0 Å². The Morgan fingerprint density at radius 1 is 1.33 bits per heavy atom. The molecular formula is C12H19NO8. The summed E-state index contributed by atoms with van der Waals surface area (Å²) >= 11 is 0. The number of hydrogen-bond acceptors (Lipinski definition) is 8. The molecule has 2 heterocycles. The monoisotopic (exact) mass is 305 g/mol. The number of fused-ring (bicyclic) bond motifs is 1. The minimum atomic E-state index is -1.89. The average Bonchev–Trinajstić information content (AvgIpc) is 2.92. The minimum absolute atomic E-state index is 0.0292. The van der Waals surface area contributed by atoms with Gasteiger partial charge in [0.25, 0.3) is 5.09 Å². The van der Waals surface area contributed by atoms with Crippen LogP contribution >= 0.6 is 0 Å². The fourth-order valence-electron chi connectivity index (χ4n) is 3.75. The number of aliphatic hydroxyl groups is 3. The van der Waals surface area contributed by atoms with Gasteiger partial charge >= 0.3 is 0 Å². The number of rotatable bonds is 3. The molecule has 3 aliphatic rings.